The van der Waals surface area contributed by atoms with E-state index in [1.165, 1.54) is 0 Å². The van der Waals surface area contributed by atoms with Crippen LogP contribution in [0.3, 0.4) is 0 Å². The fourth-order valence-electron chi connectivity index (χ4n) is 7.36. The van der Waals surface area contributed by atoms with Crippen molar-refractivity contribution in [3.63, 3.8) is 0 Å². The van der Waals surface area contributed by atoms with E-state index in [2.05, 4.69) is 173 Å². The molecule has 5 heterocycles. The molecule has 0 fully saturated rings. The van der Waals surface area contributed by atoms with Crippen LogP contribution in [0.15, 0.2) is 200 Å². The van der Waals surface area contributed by atoms with Crippen LogP contribution in [0.4, 0.5) is 0 Å². The highest BCUT2D eigenvalue weighted by atomic mass is 15.0. The lowest BCUT2D eigenvalue weighted by atomic mass is 9.98. The van der Waals surface area contributed by atoms with E-state index in [4.69, 9.17) is 15.0 Å². The summed E-state index contributed by atoms with van der Waals surface area (Å²) in [5.41, 5.74) is 16.4. The van der Waals surface area contributed by atoms with Gasteiger partial charge in [-0.1, -0.05) is 152 Å². The lowest BCUT2D eigenvalue weighted by molar-refractivity contribution is 1.19. The van der Waals surface area contributed by atoms with Gasteiger partial charge in [-0.05, 0) is 47.5 Å². The van der Waals surface area contributed by atoms with E-state index < -0.39 is 0 Å². The van der Waals surface area contributed by atoms with Crippen LogP contribution in [0.5, 0.6) is 0 Å². The average Bonchev–Trinajstić information content (AvgIpc) is 3.84. The SMILES string of the molecule is c1ccc(-c2cc(-c3ccc(-c4c(-c5ccccc5)nc5ccccn45)cc3)nc(-c3ccc(-c4c(-c5ccccc5)nc5ccccn45)cc3)c2)cc1. The normalized spacial score (nSPS) is 11.3. The molecular weight excluding hydrogens is 659 g/mol. The van der Waals surface area contributed by atoms with Crippen molar-refractivity contribution in [2.75, 3.05) is 0 Å². The summed E-state index contributed by atoms with van der Waals surface area (Å²) in [5.74, 6) is 0. The zero-order valence-electron chi connectivity index (χ0n) is 29.3. The van der Waals surface area contributed by atoms with Gasteiger partial charge in [-0.3, -0.25) is 8.80 Å². The van der Waals surface area contributed by atoms with Crippen molar-refractivity contribution in [1.29, 1.82) is 0 Å². The molecule has 0 radical (unpaired) electrons. The minimum absolute atomic E-state index is 0.913. The number of pyridine rings is 3. The third-order valence-corrected chi connectivity index (χ3v) is 9.99. The molecule has 10 aromatic rings. The van der Waals surface area contributed by atoms with Gasteiger partial charge in [-0.15, -0.1) is 0 Å². The number of fused-ring (bicyclic) bond motifs is 2. The number of imidazole rings is 2. The van der Waals surface area contributed by atoms with Crippen molar-refractivity contribution >= 4 is 11.3 Å². The monoisotopic (exact) mass is 691 g/mol. The van der Waals surface area contributed by atoms with Crippen LogP contribution < -0.4 is 0 Å². The summed E-state index contributed by atoms with van der Waals surface area (Å²) in [5, 5.41) is 0. The van der Waals surface area contributed by atoms with Gasteiger partial charge in [0.1, 0.15) is 11.3 Å². The zero-order chi connectivity index (χ0) is 35.8. The molecule has 0 atom stereocenters. The average molecular weight is 692 g/mol. The molecule has 5 heteroatoms. The van der Waals surface area contributed by atoms with Crippen molar-refractivity contribution in [2.24, 2.45) is 0 Å². The molecule has 0 amide bonds. The fourth-order valence-corrected chi connectivity index (χ4v) is 7.36. The molecule has 0 saturated heterocycles. The van der Waals surface area contributed by atoms with E-state index in [-0.39, 0.29) is 0 Å². The number of rotatable bonds is 7. The van der Waals surface area contributed by atoms with Gasteiger partial charge in [-0.25, -0.2) is 15.0 Å². The Kier molecular flexibility index (Phi) is 7.73. The predicted molar refractivity (Wildman–Crippen MR) is 220 cm³/mol. The Bertz CT molecular complexity index is 2710. The highest BCUT2D eigenvalue weighted by Crippen LogP contribution is 2.37. The van der Waals surface area contributed by atoms with Crippen LogP contribution in [0.1, 0.15) is 0 Å². The van der Waals surface area contributed by atoms with E-state index in [0.717, 1.165) is 90.0 Å². The van der Waals surface area contributed by atoms with Crippen molar-refractivity contribution in [3.8, 4) is 78.7 Å². The summed E-state index contributed by atoms with van der Waals surface area (Å²) in [6.07, 6.45) is 4.16. The summed E-state index contributed by atoms with van der Waals surface area (Å²) < 4.78 is 4.34. The van der Waals surface area contributed by atoms with E-state index >= 15 is 0 Å². The van der Waals surface area contributed by atoms with Crippen LogP contribution >= 0.6 is 0 Å². The van der Waals surface area contributed by atoms with Crippen LogP contribution in [-0.2, 0) is 0 Å². The van der Waals surface area contributed by atoms with Gasteiger partial charge < -0.3 is 0 Å². The Morgan fingerprint density at radius 3 is 1.07 bits per heavy atom. The predicted octanol–water partition coefficient (Wildman–Crippen LogP) is 12.0. The van der Waals surface area contributed by atoms with Gasteiger partial charge >= 0.3 is 0 Å². The second-order valence-corrected chi connectivity index (χ2v) is 13.4. The number of benzene rings is 5. The third-order valence-electron chi connectivity index (χ3n) is 9.99. The molecule has 0 aliphatic carbocycles. The molecule has 5 aromatic carbocycles. The van der Waals surface area contributed by atoms with Crippen molar-refractivity contribution in [3.05, 3.63) is 200 Å². The molecule has 0 saturated carbocycles. The zero-order valence-corrected chi connectivity index (χ0v) is 29.3. The maximum absolute atomic E-state index is 5.28. The number of hydrogen-bond acceptors (Lipinski definition) is 3. The summed E-state index contributed by atoms with van der Waals surface area (Å²) in [7, 11) is 0. The van der Waals surface area contributed by atoms with Gasteiger partial charge in [-0.2, -0.15) is 0 Å². The summed E-state index contributed by atoms with van der Waals surface area (Å²) in [6.45, 7) is 0. The van der Waals surface area contributed by atoms with Crippen molar-refractivity contribution in [1.82, 2.24) is 23.8 Å². The van der Waals surface area contributed by atoms with Crippen molar-refractivity contribution < 1.29 is 0 Å². The molecule has 0 bridgehead atoms. The summed E-state index contributed by atoms with van der Waals surface area (Å²) in [4.78, 5) is 15.3. The first-order valence-corrected chi connectivity index (χ1v) is 18.1. The Morgan fingerprint density at radius 1 is 0.278 bits per heavy atom. The van der Waals surface area contributed by atoms with Crippen LogP contribution in [0.2, 0.25) is 0 Å². The Hall–Kier alpha value is -7.37. The van der Waals surface area contributed by atoms with Gasteiger partial charge in [0.05, 0.1) is 34.2 Å². The molecule has 254 valence electrons. The second kappa shape index (κ2) is 13.3. The topological polar surface area (TPSA) is 47.5 Å². The maximum Gasteiger partial charge on any atom is 0.137 e. The number of aromatic nitrogens is 5. The highest BCUT2D eigenvalue weighted by molar-refractivity contribution is 5.85. The molecule has 0 N–H and O–H groups in total. The molecular formula is C49H33N5. The molecule has 10 rings (SSSR count). The second-order valence-electron chi connectivity index (χ2n) is 13.4. The Balaban J connectivity index is 1.06. The molecule has 5 aromatic heterocycles. The van der Waals surface area contributed by atoms with Crippen molar-refractivity contribution in [2.45, 2.75) is 0 Å². The quantitative estimate of drug-likeness (QED) is 0.167. The van der Waals surface area contributed by atoms with E-state index in [9.17, 15) is 0 Å². The minimum atomic E-state index is 0.913. The smallest absolute Gasteiger partial charge is 0.137 e. The van der Waals surface area contributed by atoms with Crippen LogP contribution in [0, 0.1) is 0 Å². The molecule has 0 aliphatic rings. The third kappa shape index (κ3) is 5.65. The van der Waals surface area contributed by atoms with E-state index in [1.54, 1.807) is 0 Å². The molecule has 54 heavy (non-hydrogen) atoms. The van der Waals surface area contributed by atoms with E-state index in [0.29, 0.717) is 0 Å². The van der Waals surface area contributed by atoms with Crippen LogP contribution in [-0.4, -0.2) is 23.8 Å². The summed E-state index contributed by atoms with van der Waals surface area (Å²) >= 11 is 0. The maximum atomic E-state index is 5.28. The summed E-state index contributed by atoms with van der Waals surface area (Å²) in [6, 6.07) is 65.4. The first-order valence-electron chi connectivity index (χ1n) is 18.1. The van der Waals surface area contributed by atoms with Gasteiger partial charge in [0.15, 0.2) is 0 Å². The molecule has 0 unspecified atom stereocenters. The fraction of sp³-hybridized carbons (Fsp3) is 0. The molecule has 5 nitrogen and oxygen atoms in total. The largest absolute Gasteiger partial charge is 0.299 e. The molecule has 0 aliphatic heterocycles. The Morgan fingerprint density at radius 2 is 0.648 bits per heavy atom. The number of hydrogen-bond donors (Lipinski definition) is 0. The molecule has 0 spiro atoms. The first kappa shape index (κ1) is 31.4. The lowest BCUT2D eigenvalue weighted by Crippen LogP contribution is -1.93. The Labute approximate surface area is 313 Å². The van der Waals surface area contributed by atoms with Gasteiger partial charge in [0, 0.05) is 45.8 Å². The standard InChI is InChI=1S/C49H33N5/c1-4-14-34(15-5-1)41-32-42(35-22-26-39(27-23-35)48-46(37-16-6-2-7-17-37)51-44-20-10-12-30-53(44)48)50-43(33-41)36-24-28-40(29-25-36)49-47(38-18-8-3-9-19-38)52-45-21-11-13-31-54(45)49/h1-33H. The van der Waals surface area contributed by atoms with Crippen LogP contribution in [0.25, 0.3) is 90.0 Å². The first-order chi connectivity index (χ1) is 26.8. The van der Waals surface area contributed by atoms with Gasteiger partial charge in [0.25, 0.3) is 0 Å². The number of nitrogens with zero attached hydrogens (tertiary/aromatic N) is 5. The highest BCUT2D eigenvalue weighted by Gasteiger charge is 2.18. The van der Waals surface area contributed by atoms with E-state index in [1.807, 2.05) is 36.4 Å². The minimum Gasteiger partial charge on any atom is -0.299 e. The van der Waals surface area contributed by atoms with Gasteiger partial charge in [0.2, 0.25) is 0 Å². The lowest BCUT2D eigenvalue weighted by Gasteiger charge is -2.12.